The van der Waals surface area contributed by atoms with Gasteiger partial charge in [-0.15, -0.1) is 16.4 Å². The third-order valence-electron chi connectivity index (χ3n) is 3.11. The van der Waals surface area contributed by atoms with E-state index in [9.17, 15) is 13.2 Å². The van der Waals surface area contributed by atoms with Gasteiger partial charge in [0.25, 0.3) is 5.91 Å². The van der Waals surface area contributed by atoms with Crippen LogP contribution < -0.4 is 5.32 Å². The predicted molar refractivity (Wildman–Crippen MR) is 92.1 cm³/mol. The van der Waals surface area contributed by atoms with Gasteiger partial charge in [0.2, 0.25) is 15.7 Å². The summed E-state index contributed by atoms with van der Waals surface area (Å²) in [5, 5.41) is 11.5. The number of aromatic nitrogens is 2. The Bertz CT molecular complexity index is 984. The number of carbonyl (C=O) groups is 1. The van der Waals surface area contributed by atoms with Crippen LogP contribution in [0.1, 0.15) is 21.1 Å². The fraction of sp³-hybridized carbons (Fsp3) is 0.133. The zero-order valence-electron chi connectivity index (χ0n) is 12.7. The number of hydrogen-bond donors (Lipinski definition) is 1. The minimum Gasteiger partial charge on any atom is -0.411 e. The topological polar surface area (TPSA) is 102 Å². The van der Waals surface area contributed by atoms with Crippen LogP contribution in [0.25, 0.3) is 0 Å². The van der Waals surface area contributed by atoms with E-state index in [1.54, 1.807) is 41.8 Å². The lowest BCUT2D eigenvalue weighted by molar-refractivity contribution is 0.0951. The van der Waals surface area contributed by atoms with Crippen molar-refractivity contribution < 1.29 is 17.6 Å². The monoisotopic (exact) mass is 397 g/mol. The van der Waals surface area contributed by atoms with E-state index in [0.717, 1.165) is 0 Å². The molecule has 1 N–H and O–H groups in total. The van der Waals surface area contributed by atoms with Gasteiger partial charge in [-0.2, -0.15) is 0 Å². The van der Waals surface area contributed by atoms with Crippen LogP contribution in [0.4, 0.5) is 0 Å². The number of nitrogens with zero attached hydrogens (tertiary/aromatic N) is 2. The lowest BCUT2D eigenvalue weighted by Crippen LogP contribution is -2.21. The van der Waals surface area contributed by atoms with Gasteiger partial charge in [-0.1, -0.05) is 34.9 Å². The van der Waals surface area contributed by atoms with Crippen LogP contribution in [0.15, 0.2) is 51.4 Å². The minimum absolute atomic E-state index is 0.00887. The maximum Gasteiger partial charge on any atom is 0.335 e. The summed E-state index contributed by atoms with van der Waals surface area (Å²) in [5.41, 5.74) is 0.512. The molecule has 0 fully saturated rings. The molecule has 0 saturated carbocycles. The van der Waals surface area contributed by atoms with Crippen molar-refractivity contribution >= 4 is 38.7 Å². The van der Waals surface area contributed by atoms with Crippen molar-refractivity contribution in [2.24, 2.45) is 0 Å². The molecule has 7 nitrogen and oxygen atoms in total. The number of carbonyl (C=O) groups excluding carboxylic acids is 1. The Balaban J connectivity index is 1.66. The summed E-state index contributed by atoms with van der Waals surface area (Å²) < 4.78 is 29.8. The molecule has 0 saturated heterocycles. The number of halogens is 1. The Morgan fingerprint density at radius 2 is 2.08 bits per heavy atom. The summed E-state index contributed by atoms with van der Waals surface area (Å²) >= 11 is 7.14. The molecule has 3 aromatic rings. The zero-order valence-corrected chi connectivity index (χ0v) is 15.1. The summed E-state index contributed by atoms with van der Waals surface area (Å²) in [6.45, 7) is -0.0591. The normalized spacial score (nSPS) is 11.4. The molecule has 2 aromatic heterocycles. The van der Waals surface area contributed by atoms with Gasteiger partial charge in [0, 0.05) is 5.02 Å². The SMILES string of the molecule is O=C(NCc1nnc(S(=O)(=O)Cc2cccc(Cl)c2)o1)c1cccs1. The molecule has 25 heavy (non-hydrogen) atoms. The van der Waals surface area contributed by atoms with E-state index in [1.165, 1.54) is 11.3 Å². The van der Waals surface area contributed by atoms with Crippen molar-refractivity contribution in [2.75, 3.05) is 0 Å². The highest BCUT2D eigenvalue weighted by molar-refractivity contribution is 7.90. The van der Waals surface area contributed by atoms with E-state index in [0.29, 0.717) is 15.5 Å². The third kappa shape index (κ3) is 4.44. The van der Waals surface area contributed by atoms with Crippen LogP contribution in [0, 0.1) is 0 Å². The first-order valence-corrected chi connectivity index (χ1v) is 9.96. The lowest BCUT2D eigenvalue weighted by atomic mass is 10.2. The van der Waals surface area contributed by atoms with Crippen molar-refractivity contribution in [3.63, 3.8) is 0 Å². The second-order valence-corrected chi connectivity index (χ2v) is 8.26. The second kappa shape index (κ2) is 7.34. The van der Waals surface area contributed by atoms with Crippen molar-refractivity contribution in [1.82, 2.24) is 15.5 Å². The molecular formula is C15H12ClN3O4S2. The van der Waals surface area contributed by atoms with Crippen LogP contribution in [0.5, 0.6) is 0 Å². The van der Waals surface area contributed by atoms with Gasteiger partial charge in [-0.3, -0.25) is 4.79 Å². The van der Waals surface area contributed by atoms with Gasteiger partial charge in [0.1, 0.15) is 0 Å². The molecule has 0 aliphatic rings. The highest BCUT2D eigenvalue weighted by Gasteiger charge is 2.23. The van der Waals surface area contributed by atoms with Crippen molar-refractivity contribution in [3.05, 3.63) is 63.1 Å². The van der Waals surface area contributed by atoms with Gasteiger partial charge in [0.05, 0.1) is 17.2 Å². The van der Waals surface area contributed by atoms with E-state index in [-0.39, 0.29) is 24.1 Å². The fourth-order valence-corrected chi connectivity index (χ4v) is 3.98. The number of rotatable bonds is 6. The highest BCUT2D eigenvalue weighted by atomic mass is 35.5. The summed E-state index contributed by atoms with van der Waals surface area (Å²) in [5.74, 6) is -0.595. The number of sulfone groups is 1. The van der Waals surface area contributed by atoms with E-state index < -0.39 is 15.1 Å². The van der Waals surface area contributed by atoms with Crippen LogP contribution in [0.2, 0.25) is 5.02 Å². The van der Waals surface area contributed by atoms with Crippen LogP contribution in [-0.2, 0) is 22.1 Å². The molecule has 0 radical (unpaired) electrons. The largest absolute Gasteiger partial charge is 0.411 e. The Morgan fingerprint density at radius 1 is 1.24 bits per heavy atom. The fourth-order valence-electron chi connectivity index (χ4n) is 1.99. The molecule has 0 aliphatic carbocycles. The van der Waals surface area contributed by atoms with Gasteiger partial charge >= 0.3 is 5.22 Å². The Kier molecular flexibility index (Phi) is 5.16. The van der Waals surface area contributed by atoms with Gasteiger partial charge in [-0.25, -0.2) is 8.42 Å². The minimum atomic E-state index is -3.80. The molecule has 0 aliphatic heterocycles. The molecule has 0 spiro atoms. The smallest absolute Gasteiger partial charge is 0.335 e. The van der Waals surface area contributed by atoms with Crippen molar-refractivity contribution in [3.8, 4) is 0 Å². The standard InChI is InChI=1S/C15H12ClN3O4S2/c16-11-4-1-3-10(7-11)9-25(21,22)15-19-18-13(23-15)8-17-14(20)12-5-2-6-24-12/h1-7H,8-9H2,(H,17,20). The number of hydrogen-bond acceptors (Lipinski definition) is 7. The second-order valence-electron chi connectivity index (χ2n) is 5.01. The Morgan fingerprint density at radius 3 is 2.80 bits per heavy atom. The first-order valence-electron chi connectivity index (χ1n) is 7.05. The average molecular weight is 398 g/mol. The lowest BCUT2D eigenvalue weighted by Gasteiger charge is -2.01. The van der Waals surface area contributed by atoms with Crippen molar-refractivity contribution in [1.29, 1.82) is 0 Å². The summed E-state index contributed by atoms with van der Waals surface area (Å²) in [7, 11) is -3.80. The van der Waals surface area contributed by atoms with Crippen molar-refractivity contribution in [2.45, 2.75) is 17.5 Å². The third-order valence-corrected chi connectivity index (χ3v) is 5.62. The molecule has 2 heterocycles. The summed E-state index contributed by atoms with van der Waals surface area (Å²) in [6, 6.07) is 9.94. The van der Waals surface area contributed by atoms with E-state index in [4.69, 9.17) is 16.0 Å². The molecule has 1 amide bonds. The number of nitrogens with one attached hydrogen (secondary N) is 1. The number of benzene rings is 1. The van der Waals surface area contributed by atoms with E-state index in [2.05, 4.69) is 15.5 Å². The maximum absolute atomic E-state index is 12.3. The molecule has 130 valence electrons. The molecule has 0 unspecified atom stereocenters. The van der Waals surface area contributed by atoms with Crippen LogP contribution in [-0.4, -0.2) is 24.5 Å². The molecule has 0 bridgehead atoms. The average Bonchev–Trinajstić information content (AvgIpc) is 3.24. The first kappa shape index (κ1) is 17.6. The number of thiophene rings is 1. The summed E-state index contributed by atoms with van der Waals surface area (Å²) in [4.78, 5) is 12.4. The van der Waals surface area contributed by atoms with E-state index >= 15 is 0 Å². The predicted octanol–water partition coefficient (Wildman–Crippen LogP) is 2.69. The quantitative estimate of drug-likeness (QED) is 0.686. The highest BCUT2D eigenvalue weighted by Crippen LogP contribution is 2.18. The number of amides is 1. The summed E-state index contributed by atoms with van der Waals surface area (Å²) in [6.07, 6.45) is 0. The van der Waals surface area contributed by atoms with Crippen LogP contribution >= 0.6 is 22.9 Å². The van der Waals surface area contributed by atoms with Gasteiger partial charge in [-0.05, 0) is 29.1 Å². The Hall–Kier alpha value is -2.23. The van der Waals surface area contributed by atoms with Gasteiger partial charge < -0.3 is 9.73 Å². The zero-order chi connectivity index (χ0) is 17.9. The first-order chi connectivity index (χ1) is 11.9. The van der Waals surface area contributed by atoms with Crippen LogP contribution in [0.3, 0.4) is 0 Å². The Labute approximate surface area is 152 Å². The van der Waals surface area contributed by atoms with Gasteiger partial charge in [0.15, 0.2) is 0 Å². The van der Waals surface area contributed by atoms with E-state index in [1.807, 2.05) is 0 Å². The molecule has 10 heteroatoms. The molecule has 1 aromatic carbocycles. The molecule has 0 atom stereocenters. The molecule has 3 rings (SSSR count). The molecular weight excluding hydrogens is 386 g/mol. The maximum atomic E-state index is 12.3.